The van der Waals surface area contributed by atoms with Crippen LogP contribution in [-0.4, -0.2) is 37.8 Å². The number of nitrogens with zero attached hydrogens (tertiary/aromatic N) is 2. The Morgan fingerprint density at radius 3 is 2.17 bits per heavy atom. The molecule has 8 nitrogen and oxygen atoms in total. The lowest BCUT2D eigenvalue weighted by atomic mass is 10.00. The fraction of sp³-hybridized carbons (Fsp3) is 0.233. The number of rotatable bonds is 10. The van der Waals surface area contributed by atoms with Crippen molar-refractivity contribution in [3.05, 3.63) is 101 Å². The molecule has 3 aromatic carbocycles. The number of likely N-dealkylation sites (N-methyl/N-ethyl adjacent to an activating group) is 1. The molecule has 0 saturated heterocycles. The summed E-state index contributed by atoms with van der Waals surface area (Å²) in [4.78, 5) is 19.8. The number of carbonyl (C=O) groups excluding carboxylic acids is 1. The summed E-state index contributed by atoms with van der Waals surface area (Å²) in [5, 5.41) is 3.05. The standard InChI is InChI=1S/C30H29F3N4O4S/c1-18-7-5-8-19(2)27(18)25-16-26(36-29(35-25)37-42(39,40)24-10-6-9-21(15-24)17-38)41-28(20(3)34-4)22-11-13-23(14-12-22)30(31,32)33/h5-17,20,28,34H,1-4H3,(H,35,36,37)/t20-,28-/m1/s1. The smallest absolute Gasteiger partial charge is 0.416 e. The van der Waals surface area contributed by atoms with E-state index in [1.165, 1.54) is 36.4 Å². The average Bonchev–Trinajstić information content (AvgIpc) is 2.95. The Bertz CT molecular complexity index is 1670. The molecule has 0 aliphatic rings. The topological polar surface area (TPSA) is 110 Å². The van der Waals surface area contributed by atoms with E-state index in [4.69, 9.17) is 4.74 Å². The van der Waals surface area contributed by atoms with Crippen molar-refractivity contribution in [1.29, 1.82) is 0 Å². The van der Waals surface area contributed by atoms with Crippen molar-refractivity contribution >= 4 is 22.3 Å². The van der Waals surface area contributed by atoms with Crippen molar-refractivity contribution < 1.29 is 31.1 Å². The highest BCUT2D eigenvalue weighted by atomic mass is 32.2. The summed E-state index contributed by atoms with van der Waals surface area (Å²) >= 11 is 0. The summed E-state index contributed by atoms with van der Waals surface area (Å²) in [7, 11) is -2.53. The third kappa shape index (κ3) is 6.94. The fourth-order valence-electron chi connectivity index (χ4n) is 4.41. The first kappa shape index (κ1) is 30.7. The maximum Gasteiger partial charge on any atom is 0.416 e. The van der Waals surface area contributed by atoms with Gasteiger partial charge in [-0.2, -0.15) is 18.2 Å². The molecule has 0 aliphatic heterocycles. The van der Waals surface area contributed by atoms with Gasteiger partial charge in [0.05, 0.1) is 16.2 Å². The van der Waals surface area contributed by atoms with E-state index in [2.05, 4.69) is 20.0 Å². The Labute approximate surface area is 242 Å². The molecule has 0 saturated carbocycles. The van der Waals surface area contributed by atoms with Crippen LogP contribution in [0.1, 0.15) is 45.6 Å². The van der Waals surface area contributed by atoms with E-state index in [1.54, 1.807) is 20.0 Å². The zero-order chi connectivity index (χ0) is 30.7. The third-order valence-corrected chi connectivity index (χ3v) is 8.02. The van der Waals surface area contributed by atoms with Crippen LogP contribution in [0.15, 0.2) is 77.7 Å². The molecule has 2 N–H and O–H groups in total. The summed E-state index contributed by atoms with van der Waals surface area (Å²) in [6.45, 7) is 5.56. The third-order valence-electron chi connectivity index (χ3n) is 6.69. The van der Waals surface area contributed by atoms with Gasteiger partial charge in [0, 0.05) is 23.2 Å². The van der Waals surface area contributed by atoms with Crippen LogP contribution in [0.2, 0.25) is 0 Å². The van der Waals surface area contributed by atoms with Gasteiger partial charge in [-0.25, -0.2) is 18.1 Å². The molecule has 4 rings (SSSR count). The molecule has 0 spiro atoms. The number of hydrogen-bond acceptors (Lipinski definition) is 7. The molecule has 12 heteroatoms. The first-order valence-electron chi connectivity index (χ1n) is 12.9. The Hall–Kier alpha value is -4.29. The number of alkyl halides is 3. The first-order chi connectivity index (χ1) is 19.8. The molecule has 0 aliphatic carbocycles. The van der Waals surface area contributed by atoms with Crippen molar-refractivity contribution in [2.24, 2.45) is 0 Å². The summed E-state index contributed by atoms with van der Waals surface area (Å²) < 4.78 is 74.6. The van der Waals surface area contributed by atoms with Crippen molar-refractivity contribution in [3.63, 3.8) is 0 Å². The maximum atomic E-state index is 13.2. The molecule has 220 valence electrons. The molecule has 0 bridgehead atoms. The van der Waals surface area contributed by atoms with Crippen molar-refractivity contribution in [2.45, 2.75) is 44.0 Å². The van der Waals surface area contributed by atoms with E-state index in [9.17, 15) is 26.4 Å². The first-order valence-corrected chi connectivity index (χ1v) is 14.4. The monoisotopic (exact) mass is 598 g/mol. The number of sulfonamides is 1. The van der Waals surface area contributed by atoms with Gasteiger partial charge in [0.15, 0.2) is 0 Å². The summed E-state index contributed by atoms with van der Waals surface area (Å²) in [6, 6.07) is 16.9. The van der Waals surface area contributed by atoms with Crippen LogP contribution in [0.3, 0.4) is 0 Å². The number of anilines is 1. The minimum Gasteiger partial charge on any atom is -0.468 e. The molecule has 2 atom stereocenters. The Kier molecular flexibility index (Phi) is 8.97. The predicted octanol–water partition coefficient (Wildman–Crippen LogP) is 6.12. The second-order valence-electron chi connectivity index (χ2n) is 9.71. The van der Waals surface area contributed by atoms with Gasteiger partial charge in [0.1, 0.15) is 12.4 Å². The number of hydrogen-bond donors (Lipinski definition) is 2. The highest BCUT2D eigenvalue weighted by Crippen LogP contribution is 2.34. The summed E-state index contributed by atoms with van der Waals surface area (Å²) in [6.07, 6.45) is -4.76. The van der Waals surface area contributed by atoms with E-state index in [1.807, 2.05) is 32.0 Å². The van der Waals surface area contributed by atoms with Crippen LogP contribution >= 0.6 is 0 Å². The second kappa shape index (κ2) is 12.3. The maximum absolute atomic E-state index is 13.2. The minimum absolute atomic E-state index is 0.00556. The highest BCUT2D eigenvalue weighted by molar-refractivity contribution is 7.92. The zero-order valence-corrected chi connectivity index (χ0v) is 24.0. The molecule has 0 fully saturated rings. The van der Waals surface area contributed by atoms with E-state index in [0.29, 0.717) is 17.5 Å². The van der Waals surface area contributed by atoms with Crippen molar-refractivity contribution in [1.82, 2.24) is 15.3 Å². The second-order valence-corrected chi connectivity index (χ2v) is 11.4. The number of aromatic nitrogens is 2. The van der Waals surface area contributed by atoms with Crippen LogP contribution in [0.4, 0.5) is 19.1 Å². The van der Waals surface area contributed by atoms with Crippen LogP contribution in [0.25, 0.3) is 11.3 Å². The molecule has 1 heterocycles. The molecule has 0 unspecified atom stereocenters. The van der Waals surface area contributed by atoms with E-state index >= 15 is 0 Å². The van der Waals surface area contributed by atoms with Crippen LogP contribution in [0, 0.1) is 13.8 Å². The van der Waals surface area contributed by atoms with Gasteiger partial charge >= 0.3 is 6.18 Å². The van der Waals surface area contributed by atoms with E-state index in [0.717, 1.165) is 28.8 Å². The SMILES string of the molecule is CN[C@H](C)[C@@H](Oc1cc(-c2c(C)cccc2C)nc(NS(=O)(=O)c2cccc(C=O)c2)n1)c1ccc(C(F)(F)F)cc1. The lowest BCUT2D eigenvalue weighted by molar-refractivity contribution is -0.137. The Balaban J connectivity index is 1.80. The quantitative estimate of drug-likeness (QED) is 0.212. The molecule has 42 heavy (non-hydrogen) atoms. The Morgan fingerprint density at radius 2 is 1.57 bits per heavy atom. The van der Waals surface area contributed by atoms with Gasteiger partial charge in [0.2, 0.25) is 11.8 Å². The lowest BCUT2D eigenvalue weighted by Crippen LogP contribution is -2.32. The molecule has 0 radical (unpaired) electrons. The number of ether oxygens (including phenoxy) is 1. The van der Waals surface area contributed by atoms with Crippen molar-refractivity contribution in [3.8, 4) is 17.1 Å². The normalized spacial score (nSPS) is 13.3. The van der Waals surface area contributed by atoms with Gasteiger partial charge in [-0.05, 0) is 68.8 Å². The van der Waals surface area contributed by atoms with Gasteiger partial charge < -0.3 is 10.1 Å². The molecular formula is C30H29F3N4O4S. The van der Waals surface area contributed by atoms with Gasteiger partial charge in [-0.15, -0.1) is 0 Å². The van der Waals surface area contributed by atoms with E-state index in [-0.39, 0.29) is 28.3 Å². The molecular weight excluding hydrogens is 569 g/mol. The zero-order valence-electron chi connectivity index (χ0n) is 23.2. The van der Waals surface area contributed by atoms with Crippen LogP contribution < -0.4 is 14.8 Å². The molecule has 0 amide bonds. The summed E-state index contributed by atoms with van der Waals surface area (Å²) in [5.74, 6) is -0.293. The number of halogens is 3. The van der Waals surface area contributed by atoms with E-state index < -0.39 is 27.9 Å². The molecule has 1 aromatic heterocycles. The molecule has 4 aromatic rings. The van der Waals surface area contributed by atoms with Crippen LogP contribution in [0.5, 0.6) is 5.88 Å². The number of aryl methyl sites for hydroxylation is 2. The fourth-order valence-corrected chi connectivity index (χ4v) is 5.41. The van der Waals surface area contributed by atoms with Gasteiger partial charge in [-0.3, -0.25) is 4.79 Å². The van der Waals surface area contributed by atoms with Gasteiger partial charge in [-0.1, -0.05) is 42.5 Å². The average molecular weight is 599 g/mol. The Morgan fingerprint density at radius 1 is 0.929 bits per heavy atom. The lowest BCUT2D eigenvalue weighted by Gasteiger charge is -2.25. The number of nitrogens with one attached hydrogen (secondary N) is 2. The van der Waals surface area contributed by atoms with Crippen LogP contribution in [-0.2, 0) is 16.2 Å². The number of aldehydes is 1. The number of carbonyl (C=O) groups is 1. The summed E-state index contributed by atoms with van der Waals surface area (Å²) in [5.41, 5.74) is 2.68. The highest BCUT2D eigenvalue weighted by Gasteiger charge is 2.31. The largest absolute Gasteiger partial charge is 0.468 e. The number of benzene rings is 3. The van der Waals surface area contributed by atoms with Crippen molar-refractivity contribution in [2.75, 3.05) is 11.8 Å². The van der Waals surface area contributed by atoms with Gasteiger partial charge in [0.25, 0.3) is 10.0 Å². The predicted molar refractivity (Wildman–Crippen MR) is 153 cm³/mol. The minimum atomic E-state index is -4.49.